The van der Waals surface area contributed by atoms with E-state index in [1.807, 2.05) is 19.1 Å². The Morgan fingerprint density at radius 1 is 1.25 bits per heavy atom. The number of anilines is 1. The summed E-state index contributed by atoms with van der Waals surface area (Å²) in [6, 6.07) is 3.46. The third kappa shape index (κ3) is 2.17. The van der Waals surface area contributed by atoms with Gasteiger partial charge >= 0.3 is 0 Å². The van der Waals surface area contributed by atoms with Crippen molar-refractivity contribution in [2.45, 2.75) is 38.6 Å². The molecular formula is C15H19N3O2. The van der Waals surface area contributed by atoms with Gasteiger partial charge in [-0.2, -0.15) is 0 Å². The van der Waals surface area contributed by atoms with Crippen molar-refractivity contribution in [2.75, 3.05) is 18.0 Å². The number of rotatable bonds is 1. The number of fused-ring (bicyclic) bond motifs is 1. The van der Waals surface area contributed by atoms with E-state index >= 15 is 0 Å². The minimum atomic E-state index is -0.279. The maximum absolute atomic E-state index is 12.8. The maximum Gasteiger partial charge on any atom is 0.249 e. The molecule has 106 valence electrons. The van der Waals surface area contributed by atoms with E-state index in [2.05, 4.69) is 4.98 Å². The molecule has 0 radical (unpaired) electrons. The van der Waals surface area contributed by atoms with Crippen molar-refractivity contribution in [3.05, 3.63) is 24.0 Å². The van der Waals surface area contributed by atoms with Crippen LogP contribution in [0.25, 0.3) is 0 Å². The van der Waals surface area contributed by atoms with Crippen LogP contribution in [0.5, 0.6) is 0 Å². The van der Waals surface area contributed by atoms with E-state index < -0.39 is 0 Å². The molecule has 3 heterocycles. The van der Waals surface area contributed by atoms with Gasteiger partial charge in [-0.1, -0.05) is 0 Å². The van der Waals surface area contributed by atoms with Crippen LogP contribution in [-0.4, -0.2) is 40.8 Å². The molecule has 2 fully saturated rings. The Labute approximate surface area is 118 Å². The zero-order chi connectivity index (χ0) is 14.1. The highest BCUT2D eigenvalue weighted by atomic mass is 16.2. The lowest BCUT2D eigenvalue weighted by molar-refractivity contribution is -0.138. The average molecular weight is 273 g/mol. The van der Waals surface area contributed by atoms with Gasteiger partial charge in [-0.3, -0.25) is 14.6 Å². The van der Waals surface area contributed by atoms with E-state index in [0.717, 1.165) is 37.2 Å². The molecule has 0 spiro atoms. The minimum Gasteiger partial charge on any atom is -0.331 e. The van der Waals surface area contributed by atoms with Gasteiger partial charge in [0.05, 0.1) is 11.4 Å². The Bertz CT molecular complexity index is 544. The topological polar surface area (TPSA) is 53.5 Å². The zero-order valence-corrected chi connectivity index (χ0v) is 11.7. The number of carbonyl (C=O) groups is 2. The van der Waals surface area contributed by atoms with Crippen molar-refractivity contribution < 1.29 is 9.59 Å². The first-order valence-electron chi connectivity index (χ1n) is 7.21. The zero-order valence-electron chi connectivity index (χ0n) is 11.7. The van der Waals surface area contributed by atoms with Crippen LogP contribution in [-0.2, 0) is 9.59 Å². The lowest BCUT2D eigenvalue weighted by Gasteiger charge is -2.34. The second-order valence-electron chi connectivity index (χ2n) is 5.45. The van der Waals surface area contributed by atoms with Crippen LogP contribution in [0.15, 0.2) is 18.3 Å². The molecule has 0 bridgehead atoms. The Hall–Kier alpha value is -1.91. The molecule has 1 atom stereocenters. The van der Waals surface area contributed by atoms with Crippen molar-refractivity contribution in [3.63, 3.8) is 0 Å². The molecular weight excluding hydrogens is 254 g/mol. The number of pyridine rings is 1. The smallest absolute Gasteiger partial charge is 0.249 e. The summed E-state index contributed by atoms with van der Waals surface area (Å²) in [5.74, 6) is 0.152. The number of nitrogens with zero attached hydrogens (tertiary/aromatic N) is 3. The lowest BCUT2D eigenvalue weighted by atomic mass is 10.0. The fraction of sp³-hybridized carbons (Fsp3) is 0.533. The van der Waals surface area contributed by atoms with Crippen LogP contribution in [0.2, 0.25) is 0 Å². The summed E-state index contributed by atoms with van der Waals surface area (Å²) < 4.78 is 0. The van der Waals surface area contributed by atoms with E-state index in [9.17, 15) is 9.59 Å². The summed E-state index contributed by atoms with van der Waals surface area (Å²) in [6.07, 6.45) is 4.91. The van der Waals surface area contributed by atoms with Gasteiger partial charge in [0.2, 0.25) is 11.8 Å². The highest BCUT2D eigenvalue weighted by molar-refractivity contribution is 6.01. The average Bonchev–Trinajstić information content (AvgIpc) is 2.59. The molecule has 1 aromatic rings. The van der Waals surface area contributed by atoms with Crippen molar-refractivity contribution >= 4 is 17.5 Å². The van der Waals surface area contributed by atoms with Gasteiger partial charge in [0, 0.05) is 25.7 Å². The van der Waals surface area contributed by atoms with E-state index in [-0.39, 0.29) is 17.9 Å². The van der Waals surface area contributed by atoms with Crippen LogP contribution in [0.1, 0.15) is 31.4 Å². The second kappa shape index (κ2) is 5.23. The number of amides is 2. The monoisotopic (exact) mass is 273 g/mol. The molecule has 0 aliphatic carbocycles. The minimum absolute atomic E-state index is 0.0478. The molecule has 5 heteroatoms. The molecule has 1 unspecified atom stereocenters. The summed E-state index contributed by atoms with van der Waals surface area (Å²) in [5, 5.41) is 0. The molecule has 5 nitrogen and oxygen atoms in total. The van der Waals surface area contributed by atoms with Crippen molar-refractivity contribution in [2.24, 2.45) is 0 Å². The summed E-state index contributed by atoms with van der Waals surface area (Å²) in [7, 11) is 0. The SMILES string of the molecule is Cc1ncccc1N1CCC(=O)N2CCCCC2C1=O. The lowest BCUT2D eigenvalue weighted by Crippen LogP contribution is -2.50. The van der Waals surface area contributed by atoms with Gasteiger partial charge < -0.3 is 9.80 Å². The third-order valence-electron chi connectivity index (χ3n) is 4.19. The van der Waals surface area contributed by atoms with Crippen LogP contribution in [0.3, 0.4) is 0 Å². The highest BCUT2D eigenvalue weighted by Gasteiger charge is 2.38. The fourth-order valence-corrected chi connectivity index (χ4v) is 3.13. The predicted molar refractivity (Wildman–Crippen MR) is 75.3 cm³/mol. The normalized spacial score (nSPS) is 23.6. The summed E-state index contributed by atoms with van der Waals surface area (Å²) in [6.45, 7) is 3.07. The quantitative estimate of drug-likeness (QED) is 0.779. The maximum atomic E-state index is 12.8. The predicted octanol–water partition coefficient (Wildman–Crippen LogP) is 1.51. The van der Waals surface area contributed by atoms with E-state index in [4.69, 9.17) is 0 Å². The van der Waals surface area contributed by atoms with Crippen LogP contribution in [0.4, 0.5) is 5.69 Å². The molecule has 0 saturated carbocycles. The van der Waals surface area contributed by atoms with Gasteiger partial charge in [-0.15, -0.1) is 0 Å². The molecule has 20 heavy (non-hydrogen) atoms. The number of hydrogen-bond acceptors (Lipinski definition) is 3. The molecule has 0 N–H and O–H groups in total. The standard InChI is InChI=1S/C15H19N3O2/c1-11-12(6-4-8-16-11)18-10-7-14(19)17-9-3-2-5-13(17)15(18)20/h4,6,8,13H,2-3,5,7,9-10H2,1H3. The summed E-state index contributed by atoms with van der Waals surface area (Å²) in [4.78, 5) is 32.7. The molecule has 2 aliphatic rings. The number of aryl methyl sites for hydroxylation is 1. The van der Waals surface area contributed by atoms with Gasteiger partial charge in [0.15, 0.2) is 0 Å². The van der Waals surface area contributed by atoms with Gasteiger partial charge in [0.25, 0.3) is 0 Å². The first-order chi connectivity index (χ1) is 9.68. The third-order valence-corrected chi connectivity index (χ3v) is 4.19. The summed E-state index contributed by atoms with van der Waals surface area (Å²) >= 11 is 0. The van der Waals surface area contributed by atoms with E-state index in [1.54, 1.807) is 16.0 Å². The molecule has 2 aliphatic heterocycles. The molecule has 1 aromatic heterocycles. The fourth-order valence-electron chi connectivity index (χ4n) is 3.13. The number of piperidine rings is 1. The largest absolute Gasteiger partial charge is 0.331 e. The van der Waals surface area contributed by atoms with Gasteiger partial charge in [0.1, 0.15) is 6.04 Å². The Kier molecular flexibility index (Phi) is 3.42. The first kappa shape index (κ1) is 13.1. The number of hydrogen-bond donors (Lipinski definition) is 0. The van der Waals surface area contributed by atoms with Gasteiger partial charge in [-0.25, -0.2) is 0 Å². The van der Waals surface area contributed by atoms with Crippen LogP contribution in [0, 0.1) is 6.92 Å². The van der Waals surface area contributed by atoms with Gasteiger partial charge in [-0.05, 0) is 38.3 Å². The summed E-state index contributed by atoms with van der Waals surface area (Å²) in [5.41, 5.74) is 1.66. The Morgan fingerprint density at radius 3 is 2.90 bits per heavy atom. The molecule has 3 rings (SSSR count). The molecule has 0 aromatic carbocycles. The van der Waals surface area contributed by atoms with Crippen LogP contribution >= 0.6 is 0 Å². The first-order valence-corrected chi connectivity index (χ1v) is 7.21. The second-order valence-corrected chi connectivity index (χ2v) is 5.45. The van der Waals surface area contributed by atoms with Crippen molar-refractivity contribution in [3.8, 4) is 0 Å². The van der Waals surface area contributed by atoms with E-state index in [1.165, 1.54) is 0 Å². The van der Waals surface area contributed by atoms with Crippen molar-refractivity contribution in [1.29, 1.82) is 0 Å². The highest BCUT2D eigenvalue weighted by Crippen LogP contribution is 2.27. The van der Waals surface area contributed by atoms with Crippen LogP contribution < -0.4 is 4.90 Å². The van der Waals surface area contributed by atoms with E-state index in [0.29, 0.717) is 13.0 Å². The van der Waals surface area contributed by atoms with Crippen molar-refractivity contribution in [1.82, 2.24) is 9.88 Å². The Morgan fingerprint density at radius 2 is 2.10 bits per heavy atom. The number of carbonyl (C=O) groups excluding carboxylic acids is 2. The number of aromatic nitrogens is 1. The molecule has 2 amide bonds. The molecule has 2 saturated heterocycles. The Balaban J connectivity index is 1.95.